The van der Waals surface area contributed by atoms with Crippen LogP contribution in [-0.2, 0) is 6.61 Å². The second-order valence-electron chi connectivity index (χ2n) is 4.03. The molecular formula is C13H14BrNO2S. The van der Waals surface area contributed by atoms with Gasteiger partial charge in [0.1, 0.15) is 17.4 Å². The summed E-state index contributed by atoms with van der Waals surface area (Å²) in [4.78, 5) is 4.34. The standard InChI is InChI=1S/C13H14BrNO2S/c1-8-7-18-13(15-8)6-17-12-5-10(14)3-4-11(12)9(2)16/h3-5,7,9,16H,6H2,1-2H3. The van der Waals surface area contributed by atoms with Crippen LogP contribution in [0.4, 0.5) is 0 Å². The van der Waals surface area contributed by atoms with Gasteiger partial charge in [0, 0.05) is 21.1 Å². The van der Waals surface area contributed by atoms with E-state index in [2.05, 4.69) is 20.9 Å². The molecule has 3 nitrogen and oxygen atoms in total. The van der Waals surface area contributed by atoms with E-state index in [0.29, 0.717) is 12.4 Å². The summed E-state index contributed by atoms with van der Waals surface area (Å²) in [6.07, 6.45) is -0.550. The van der Waals surface area contributed by atoms with Crippen molar-refractivity contribution in [1.82, 2.24) is 4.98 Å². The fraction of sp³-hybridized carbons (Fsp3) is 0.308. The number of benzene rings is 1. The third kappa shape index (κ3) is 3.31. The number of aryl methyl sites for hydroxylation is 1. The third-order valence-corrected chi connectivity index (χ3v) is 3.88. The molecule has 0 radical (unpaired) electrons. The molecule has 1 aromatic carbocycles. The fourth-order valence-electron chi connectivity index (χ4n) is 1.59. The first kappa shape index (κ1) is 13.5. The number of nitrogens with zero attached hydrogens (tertiary/aromatic N) is 1. The lowest BCUT2D eigenvalue weighted by atomic mass is 10.1. The van der Waals surface area contributed by atoms with Crippen LogP contribution in [0.15, 0.2) is 28.1 Å². The van der Waals surface area contributed by atoms with Crippen molar-refractivity contribution in [2.45, 2.75) is 26.6 Å². The molecule has 0 aliphatic carbocycles. The predicted molar refractivity (Wildman–Crippen MR) is 76.0 cm³/mol. The van der Waals surface area contributed by atoms with Crippen LogP contribution in [0.3, 0.4) is 0 Å². The molecule has 0 aliphatic heterocycles. The molecule has 1 aromatic heterocycles. The lowest BCUT2D eigenvalue weighted by molar-refractivity contribution is 0.190. The Bertz CT molecular complexity index is 540. The summed E-state index contributed by atoms with van der Waals surface area (Å²) in [6, 6.07) is 5.61. The van der Waals surface area contributed by atoms with Crippen LogP contribution in [-0.4, -0.2) is 10.1 Å². The van der Waals surface area contributed by atoms with Crippen molar-refractivity contribution >= 4 is 27.3 Å². The summed E-state index contributed by atoms with van der Waals surface area (Å²) < 4.78 is 6.66. The van der Waals surface area contributed by atoms with Gasteiger partial charge in [0.2, 0.25) is 0 Å². The van der Waals surface area contributed by atoms with Gasteiger partial charge in [-0.05, 0) is 26.0 Å². The van der Waals surface area contributed by atoms with Crippen LogP contribution < -0.4 is 4.74 Å². The quantitative estimate of drug-likeness (QED) is 0.927. The zero-order valence-corrected chi connectivity index (χ0v) is 12.6. The van der Waals surface area contributed by atoms with Crippen molar-refractivity contribution in [3.8, 4) is 5.75 Å². The highest BCUT2D eigenvalue weighted by Crippen LogP contribution is 2.29. The highest BCUT2D eigenvalue weighted by Gasteiger charge is 2.10. The first-order chi connectivity index (χ1) is 8.56. The molecule has 0 amide bonds. The van der Waals surface area contributed by atoms with Crippen molar-refractivity contribution in [3.05, 3.63) is 44.3 Å². The maximum Gasteiger partial charge on any atom is 0.140 e. The van der Waals surface area contributed by atoms with Gasteiger partial charge in [-0.25, -0.2) is 4.98 Å². The first-order valence-corrected chi connectivity index (χ1v) is 7.25. The molecule has 0 aliphatic rings. The number of aliphatic hydroxyl groups excluding tert-OH is 1. The lowest BCUT2D eigenvalue weighted by Crippen LogP contribution is -2.01. The molecule has 1 N–H and O–H groups in total. The van der Waals surface area contributed by atoms with Crippen LogP contribution >= 0.6 is 27.3 Å². The van der Waals surface area contributed by atoms with Gasteiger partial charge in [-0.1, -0.05) is 22.0 Å². The second-order valence-corrected chi connectivity index (χ2v) is 5.89. The normalized spacial score (nSPS) is 12.4. The van der Waals surface area contributed by atoms with E-state index in [-0.39, 0.29) is 0 Å². The molecule has 0 fully saturated rings. The van der Waals surface area contributed by atoms with E-state index in [1.54, 1.807) is 18.3 Å². The monoisotopic (exact) mass is 327 g/mol. The zero-order valence-electron chi connectivity index (χ0n) is 10.2. The Morgan fingerprint density at radius 3 is 2.89 bits per heavy atom. The predicted octanol–water partition coefficient (Wildman–Crippen LogP) is 3.85. The first-order valence-electron chi connectivity index (χ1n) is 5.57. The van der Waals surface area contributed by atoms with Gasteiger partial charge >= 0.3 is 0 Å². The molecule has 1 heterocycles. The highest BCUT2D eigenvalue weighted by molar-refractivity contribution is 9.10. The van der Waals surface area contributed by atoms with E-state index in [1.807, 2.05) is 30.5 Å². The number of ether oxygens (including phenoxy) is 1. The molecule has 0 saturated heterocycles. The molecule has 2 aromatic rings. The van der Waals surface area contributed by atoms with Gasteiger partial charge in [-0.2, -0.15) is 0 Å². The van der Waals surface area contributed by atoms with Crippen LogP contribution in [0.5, 0.6) is 5.75 Å². The number of thiazole rings is 1. The van der Waals surface area contributed by atoms with Crippen LogP contribution in [0.25, 0.3) is 0 Å². The smallest absolute Gasteiger partial charge is 0.140 e. The SMILES string of the molecule is Cc1csc(COc2cc(Br)ccc2C(C)O)n1. The number of hydrogen-bond acceptors (Lipinski definition) is 4. The number of halogens is 1. The molecule has 0 spiro atoms. The molecule has 96 valence electrons. The van der Waals surface area contributed by atoms with Crippen molar-refractivity contribution < 1.29 is 9.84 Å². The van der Waals surface area contributed by atoms with E-state index >= 15 is 0 Å². The Hall–Kier alpha value is -0.910. The summed E-state index contributed by atoms with van der Waals surface area (Å²) in [5.41, 5.74) is 1.79. The van der Waals surface area contributed by atoms with Gasteiger partial charge in [0.15, 0.2) is 0 Å². The van der Waals surface area contributed by atoms with Crippen molar-refractivity contribution in [1.29, 1.82) is 0 Å². The minimum absolute atomic E-state index is 0.425. The Balaban J connectivity index is 2.15. The van der Waals surface area contributed by atoms with Crippen LogP contribution in [0, 0.1) is 6.92 Å². The summed E-state index contributed by atoms with van der Waals surface area (Å²) in [5, 5.41) is 12.6. The number of aliphatic hydroxyl groups is 1. The van der Waals surface area contributed by atoms with Crippen molar-refractivity contribution in [2.75, 3.05) is 0 Å². The van der Waals surface area contributed by atoms with E-state index < -0.39 is 6.10 Å². The maximum absolute atomic E-state index is 9.69. The van der Waals surface area contributed by atoms with Gasteiger partial charge in [0.25, 0.3) is 0 Å². The molecule has 5 heteroatoms. The van der Waals surface area contributed by atoms with Gasteiger partial charge in [-0.15, -0.1) is 11.3 Å². The van der Waals surface area contributed by atoms with Crippen molar-refractivity contribution in [3.63, 3.8) is 0 Å². The summed E-state index contributed by atoms with van der Waals surface area (Å²) in [6.45, 7) is 4.11. The minimum Gasteiger partial charge on any atom is -0.486 e. The number of hydrogen-bond donors (Lipinski definition) is 1. The fourth-order valence-corrected chi connectivity index (χ4v) is 2.61. The topological polar surface area (TPSA) is 42.4 Å². The molecule has 0 bridgehead atoms. The Labute approximate surface area is 119 Å². The lowest BCUT2D eigenvalue weighted by Gasteiger charge is -2.13. The van der Waals surface area contributed by atoms with Gasteiger partial charge < -0.3 is 9.84 Å². The Kier molecular flexibility index (Phi) is 4.37. The number of rotatable bonds is 4. The summed E-state index contributed by atoms with van der Waals surface area (Å²) in [7, 11) is 0. The number of aromatic nitrogens is 1. The molecule has 1 atom stereocenters. The third-order valence-electron chi connectivity index (χ3n) is 2.44. The van der Waals surface area contributed by atoms with Crippen molar-refractivity contribution in [2.24, 2.45) is 0 Å². The largest absolute Gasteiger partial charge is 0.486 e. The van der Waals surface area contributed by atoms with Crippen LogP contribution in [0.2, 0.25) is 0 Å². The van der Waals surface area contributed by atoms with E-state index in [0.717, 1.165) is 20.7 Å². The molecular weight excluding hydrogens is 314 g/mol. The summed E-state index contributed by atoms with van der Waals surface area (Å²) >= 11 is 4.98. The highest BCUT2D eigenvalue weighted by atomic mass is 79.9. The average Bonchev–Trinajstić information content (AvgIpc) is 2.72. The Morgan fingerprint density at radius 1 is 1.50 bits per heavy atom. The maximum atomic E-state index is 9.69. The molecule has 2 rings (SSSR count). The minimum atomic E-state index is -0.550. The molecule has 1 unspecified atom stereocenters. The zero-order chi connectivity index (χ0) is 13.1. The Morgan fingerprint density at radius 2 is 2.28 bits per heavy atom. The van der Waals surface area contributed by atoms with E-state index in [9.17, 15) is 5.11 Å². The van der Waals surface area contributed by atoms with E-state index in [4.69, 9.17) is 4.74 Å². The molecule has 0 saturated carbocycles. The van der Waals surface area contributed by atoms with E-state index in [1.165, 1.54) is 0 Å². The molecule has 18 heavy (non-hydrogen) atoms. The van der Waals surface area contributed by atoms with Crippen LogP contribution in [0.1, 0.15) is 29.3 Å². The summed E-state index contributed by atoms with van der Waals surface area (Å²) in [5.74, 6) is 0.687. The van der Waals surface area contributed by atoms with Gasteiger partial charge in [-0.3, -0.25) is 0 Å². The second kappa shape index (κ2) is 5.82. The average molecular weight is 328 g/mol. The van der Waals surface area contributed by atoms with Gasteiger partial charge in [0.05, 0.1) is 6.10 Å².